The maximum Gasteiger partial charge on any atom is 0.245 e. The highest BCUT2D eigenvalue weighted by Crippen LogP contribution is 2.33. The predicted molar refractivity (Wildman–Crippen MR) is 58.0 cm³/mol. The summed E-state index contributed by atoms with van der Waals surface area (Å²) in [5, 5.41) is 0. The summed E-state index contributed by atoms with van der Waals surface area (Å²) < 4.78 is 5.67. The second-order valence-electron chi connectivity index (χ2n) is 3.23. The van der Waals surface area contributed by atoms with Crippen LogP contribution in [0.2, 0.25) is 0 Å². The molecule has 3 nitrogen and oxygen atoms in total. The second kappa shape index (κ2) is 3.20. The Bertz CT molecular complexity index is 487. The van der Waals surface area contributed by atoms with Crippen molar-refractivity contribution in [1.82, 2.24) is 4.98 Å². The van der Waals surface area contributed by atoms with Crippen molar-refractivity contribution in [2.75, 3.05) is 0 Å². The molecule has 0 saturated heterocycles. The van der Waals surface area contributed by atoms with Gasteiger partial charge in [0, 0.05) is 18.0 Å². The monoisotopic (exact) mass is 196 g/mol. The van der Waals surface area contributed by atoms with Crippen molar-refractivity contribution in [3.63, 3.8) is 0 Å². The molecule has 0 atom stereocenters. The molecule has 0 amide bonds. The summed E-state index contributed by atoms with van der Waals surface area (Å²) >= 11 is 0. The minimum absolute atomic E-state index is 0.554. The highest BCUT2D eigenvalue weighted by atomic mass is 16.5. The fourth-order valence-electron chi connectivity index (χ4n) is 1.48. The number of aliphatic imine (C=N–C) groups is 1. The Labute approximate surface area is 87.1 Å². The third-order valence-corrected chi connectivity index (χ3v) is 2.22. The predicted octanol–water partition coefficient (Wildman–Crippen LogP) is 2.94. The molecule has 1 aromatic carbocycles. The van der Waals surface area contributed by atoms with Crippen LogP contribution in [0.4, 0.5) is 5.69 Å². The van der Waals surface area contributed by atoms with E-state index in [-0.39, 0.29) is 0 Å². The van der Waals surface area contributed by atoms with E-state index in [2.05, 4.69) is 9.98 Å². The summed E-state index contributed by atoms with van der Waals surface area (Å²) in [6.07, 6.45) is 3.49. The van der Waals surface area contributed by atoms with Crippen molar-refractivity contribution >= 4 is 11.9 Å². The van der Waals surface area contributed by atoms with E-state index < -0.39 is 0 Å². The van der Waals surface area contributed by atoms with Crippen molar-refractivity contribution in [2.24, 2.45) is 4.99 Å². The van der Waals surface area contributed by atoms with Gasteiger partial charge in [0.1, 0.15) is 11.4 Å². The molecule has 1 aromatic heterocycles. The minimum Gasteiger partial charge on any atom is -0.436 e. The lowest BCUT2D eigenvalue weighted by Gasteiger charge is -2.05. The van der Waals surface area contributed by atoms with Gasteiger partial charge in [-0.15, -0.1) is 0 Å². The van der Waals surface area contributed by atoms with Gasteiger partial charge in [0.25, 0.3) is 0 Å². The van der Waals surface area contributed by atoms with Crippen molar-refractivity contribution in [3.05, 3.63) is 48.2 Å². The average molecular weight is 196 g/mol. The highest BCUT2D eigenvalue weighted by Gasteiger charge is 2.10. The van der Waals surface area contributed by atoms with Crippen LogP contribution in [0.3, 0.4) is 0 Å². The summed E-state index contributed by atoms with van der Waals surface area (Å²) in [6.45, 7) is 0. The van der Waals surface area contributed by atoms with Gasteiger partial charge in [-0.1, -0.05) is 12.1 Å². The minimum atomic E-state index is 0.554. The topological polar surface area (TPSA) is 34.5 Å². The Hall–Kier alpha value is -2.16. The van der Waals surface area contributed by atoms with Gasteiger partial charge in [0.2, 0.25) is 5.88 Å². The molecule has 72 valence electrons. The zero-order valence-electron chi connectivity index (χ0n) is 7.92. The molecule has 0 N–H and O–H groups in total. The molecule has 0 radical (unpaired) electrons. The van der Waals surface area contributed by atoms with Crippen LogP contribution in [-0.2, 0) is 0 Å². The van der Waals surface area contributed by atoms with Crippen molar-refractivity contribution in [3.8, 4) is 11.6 Å². The number of hydrogen-bond donors (Lipinski definition) is 0. The fraction of sp³-hybridized carbons (Fsp3) is 0. The number of pyridine rings is 1. The van der Waals surface area contributed by atoms with Crippen LogP contribution in [0.25, 0.3) is 0 Å². The maximum atomic E-state index is 5.67. The molecule has 0 bridgehead atoms. The van der Waals surface area contributed by atoms with Gasteiger partial charge in [0.15, 0.2) is 0 Å². The van der Waals surface area contributed by atoms with Crippen LogP contribution in [0.1, 0.15) is 5.56 Å². The molecule has 0 aliphatic carbocycles. The quantitative estimate of drug-likeness (QED) is 0.554. The molecule has 1 aliphatic heterocycles. The van der Waals surface area contributed by atoms with E-state index >= 15 is 0 Å². The smallest absolute Gasteiger partial charge is 0.245 e. The molecular formula is C12H8N2O. The first-order valence-corrected chi connectivity index (χ1v) is 4.69. The lowest BCUT2D eigenvalue weighted by molar-refractivity contribution is 0.465. The van der Waals surface area contributed by atoms with Crippen LogP contribution in [-0.4, -0.2) is 11.2 Å². The Morgan fingerprint density at radius 3 is 2.93 bits per heavy atom. The summed E-state index contributed by atoms with van der Waals surface area (Å²) in [5.74, 6) is 1.34. The summed E-state index contributed by atoms with van der Waals surface area (Å²) in [6, 6.07) is 11.5. The van der Waals surface area contributed by atoms with Crippen molar-refractivity contribution < 1.29 is 4.74 Å². The SMILES string of the molecule is C1=Nc2cccnc2Oc2ccccc21. The molecule has 3 rings (SSSR count). The molecular weight excluding hydrogens is 188 g/mol. The highest BCUT2D eigenvalue weighted by molar-refractivity contribution is 5.87. The van der Waals surface area contributed by atoms with E-state index in [1.165, 1.54) is 0 Å². The van der Waals surface area contributed by atoms with E-state index in [0.29, 0.717) is 5.88 Å². The van der Waals surface area contributed by atoms with E-state index in [4.69, 9.17) is 4.74 Å². The molecule has 15 heavy (non-hydrogen) atoms. The fourth-order valence-corrected chi connectivity index (χ4v) is 1.48. The second-order valence-corrected chi connectivity index (χ2v) is 3.23. The first-order valence-electron chi connectivity index (χ1n) is 4.69. The normalized spacial score (nSPS) is 12.3. The van der Waals surface area contributed by atoms with E-state index in [1.54, 1.807) is 12.4 Å². The van der Waals surface area contributed by atoms with Crippen LogP contribution < -0.4 is 4.74 Å². The summed E-state index contributed by atoms with van der Waals surface area (Å²) in [7, 11) is 0. The third kappa shape index (κ3) is 1.38. The maximum absolute atomic E-state index is 5.67. The summed E-state index contributed by atoms with van der Waals surface area (Å²) in [5.41, 5.74) is 1.73. The standard InChI is InChI=1S/C12H8N2O/c1-2-6-11-9(4-1)8-14-10-5-3-7-13-12(10)15-11/h1-8H. The number of benzene rings is 1. The van der Waals surface area contributed by atoms with Gasteiger partial charge >= 0.3 is 0 Å². The molecule has 0 unspecified atom stereocenters. The van der Waals surface area contributed by atoms with E-state index in [9.17, 15) is 0 Å². The molecule has 0 saturated carbocycles. The Kier molecular flexibility index (Phi) is 1.75. The van der Waals surface area contributed by atoms with Gasteiger partial charge in [-0.3, -0.25) is 4.99 Å². The number of rotatable bonds is 0. The van der Waals surface area contributed by atoms with E-state index in [1.807, 2.05) is 36.4 Å². The van der Waals surface area contributed by atoms with E-state index in [0.717, 1.165) is 17.0 Å². The zero-order chi connectivity index (χ0) is 10.1. The van der Waals surface area contributed by atoms with Crippen LogP contribution in [0.5, 0.6) is 11.6 Å². The van der Waals surface area contributed by atoms with Crippen molar-refractivity contribution in [1.29, 1.82) is 0 Å². The molecule has 2 heterocycles. The van der Waals surface area contributed by atoms with Gasteiger partial charge in [-0.05, 0) is 24.3 Å². The average Bonchev–Trinajstić information content (AvgIpc) is 2.48. The molecule has 3 heteroatoms. The van der Waals surface area contributed by atoms with Gasteiger partial charge in [-0.25, -0.2) is 4.98 Å². The first-order chi connectivity index (χ1) is 7.43. The zero-order valence-corrected chi connectivity index (χ0v) is 7.92. The van der Waals surface area contributed by atoms with Gasteiger partial charge in [0.05, 0.1) is 0 Å². The Morgan fingerprint density at radius 1 is 1.00 bits per heavy atom. The number of aromatic nitrogens is 1. The number of para-hydroxylation sites is 1. The van der Waals surface area contributed by atoms with Gasteiger partial charge < -0.3 is 4.74 Å². The Morgan fingerprint density at radius 2 is 1.93 bits per heavy atom. The van der Waals surface area contributed by atoms with Gasteiger partial charge in [-0.2, -0.15) is 0 Å². The van der Waals surface area contributed by atoms with Crippen LogP contribution in [0.15, 0.2) is 47.6 Å². The number of ether oxygens (including phenoxy) is 1. The number of nitrogens with zero attached hydrogens (tertiary/aromatic N) is 2. The lowest BCUT2D eigenvalue weighted by atomic mass is 10.2. The van der Waals surface area contributed by atoms with Crippen LogP contribution >= 0.6 is 0 Å². The number of hydrogen-bond acceptors (Lipinski definition) is 3. The summed E-state index contributed by atoms with van der Waals surface area (Å²) in [4.78, 5) is 8.46. The lowest BCUT2D eigenvalue weighted by Crippen LogP contribution is -1.88. The molecule has 0 fully saturated rings. The molecule has 2 aromatic rings. The Balaban J connectivity index is 2.19. The largest absolute Gasteiger partial charge is 0.436 e. The molecule has 0 spiro atoms. The van der Waals surface area contributed by atoms with Crippen molar-refractivity contribution in [2.45, 2.75) is 0 Å². The first kappa shape index (κ1) is 8.17. The third-order valence-electron chi connectivity index (χ3n) is 2.22. The number of fused-ring (bicyclic) bond motifs is 2. The van der Waals surface area contributed by atoms with Crippen LogP contribution in [0, 0.1) is 0 Å². The molecule has 1 aliphatic rings.